The summed E-state index contributed by atoms with van der Waals surface area (Å²) in [5.74, 6) is 0. The first-order chi connectivity index (χ1) is 9.26. The van der Waals surface area contributed by atoms with Gasteiger partial charge in [-0.05, 0) is 62.2 Å². The number of ether oxygens (including phenoxy) is 1. The van der Waals surface area contributed by atoms with Crippen LogP contribution in [0.25, 0.3) is 0 Å². The lowest BCUT2D eigenvalue weighted by Gasteiger charge is -2.21. The highest BCUT2D eigenvalue weighted by atomic mass is 79.9. The van der Waals surface area contributed by atoms with Crippen molar-refractivity contribution in [2.24, 2.45) is 0 Å². The van der Waals surface area contributed by atoms with Gasteiger partial charge in [0.1, 0.15) is 5.60 Å². The summed E-state index contributed by atoms with van der Waals surface area (Å²) in [6, 6.07) is 4.40. The van der Waals surface area contributed by atoms with Crippen molar-refractivity contribution >= 4 is 33.4 Å². The second kappa shape index (κ2) is 8.00. The van der Waals surface area contributed by atoms with Gasteiger partial charge in [0.2, 0.25) is 0 Å². The van der Waals surface area contributed by atoms with E-state index in [2.05, 4.69) is 38.7 Å². The summed E-state index contributed by atoms with van der Waals surface area (Å²) in [6.45, 7) is 9.06. The van der Waals surface area contributed by atoms with Crippen molar-refractivity contribution in [2.45, 2.75) is 45.8 Å². The molecule has 0 bridgehead atoms. The highest BCUT2D eigenvalue weighted by Gasteiger charge is 2.16. The molecule has 4 nitrogen and oxygen atoms in total. The Morgan fingerprint density at radius 2 is 2.15 bits per heavy atom. The van der Waals surface area contributed by atoms with E-state index in [1.165, 1.54) is 4.88 Å². The van der Waals surface area contributed by atoms with Gasteiger partial charge in [-0.25, -0.2) is 4.79 Å². The highest BCUT2D eigenvalue weighted by molar-refractivity contribution is 9.11. The van der Waals surface area contributed by atoms with Gasteiger partial charge in [0.15, 0.2) is 0 Å². The van der Waals surface area contributed by atoms with Gasteiger partial charge in [-0.2, -0.15) is 0 Å². The third-order valence-electron chi connectivity index (χ3n) is 2.44. The minimum atomic E-state index is -0.451. The molecule has 0 aromatic carbocycles. The molecule has 0 aliphatic carbocycles. The van der Waals surface area contributed by atoms with Crippen LogP contribution in [0, 0.1) is 0 Å². The van der Waals surface area contributed by atoms with Crippen LogP contribution in [0.5, 0.6) is 0 Å². The molecule has 1 heterocycles. The van der Waals surface area contributed by atoms with Crippen molar-refractivity contribution in [1.29, 1.82) is 0 Å². The second-order valence-corrected chi connectivity index (χ2v) is 8.24. The molecule has 20 heavy (non-hydrogen) atoms. The Kier molecular flexibility index (Phi) is 6.99. The van der Waals surface area contributed by atoms with Gasteiger partial charge < -0.3 is 15.4 Å². The lowest BCUT2D eigenvalue weighted by Crippen LogP contribution is -2.41. The lowest BCUT2D eigenvalue weighted by molar-refractivity contribution is 0.0523. The number of hydrogen-bond donors (Lipinski definition) is 2. The predicted octanol–water partition coefficient (Wildman–Crippen LogP) is 3.56. The molecule has 1 rings (SSSR count). The van der Waals surface area contributed by atoms with Crippen molar-refractivity contribution < 1.29 is 9.53 Å². The lowest BCUT2D eigenvalue weighted by atomic mass is 10.2. The van der Waals surface area contributed by atoms with Crippen LogP contribution in [-0.4, -0.2) is 30.8 Å². The molecule has 0 aliphatic heterocycles. The quantitative estimate of drug-likeness (QED) is 0.813. The molecule has 114 valence electrons. The number of carbonyl (C=O) groups is 1. The van der Waals surface area contributed by atoms with E-state index in [9.17, 15) is 4.79 Å². The molecule has 0 saturated heterocycles. The fourth-order valence-electron chi connectivity index (χ4n) is 1.55. The van der Waals surface area contributed by atoms with Gasteiger partial charge in [0.05, 0.1) is 3.79 Å². The van der Waals surface area contributed by atoms with E-state index >= 15 is 0 Å². The monoisotopic (exact) mass is 362 g/mol. The second-order valence-electron chi connectivity index (χ2n) is 5.69. The molecule has 0 fully saturated rings. The fourth-order valence-corrected chi connectivity index (χ4v) is 3.03. The van der Waals surface area contributed by atoms with Crippen LogP contribution in [-0.2, 0) is 11.2 Å². The average Bonchev–Trinajstić information content (AvgIpc) is 2.70. The van der Waals surface area contributed by atoms with E-state index in [-0.39, 0.29) is 12.1 Å². The number of amides is 1. The Morgan fingerprint density at radius 3 is 2.70 bits per heavy atom. The number of carbonyl (C=O) groups excluding carboxylic acids is 1. The van der Waals surface area contributed by atoms with E-state index in [4.69, 9.17) is 4.74 Å². The first-order valence-corrected chi connectivity index (χ1v) is 8.31. The van der Waals surface area contributed by atoms with E-state index in [0.29, 0.717) is 6.54 Å². The normalized spacial score (nSPS) is 13.1. The number of nitrogens with one attached hydrogen (secondary N) is 2. The minimum absolute atomic E-state index is 0.214. The zero-order valence-electron chi connectivity index (χ0n) is 12.5. The Hall–Kier alpha value is -0.590. The average molecular weight is 363 g/mol. The Morgan fingerprint density at radius 1 is 1.45 bits per heavy atom. The van der Waals surface area contributed by atoms with E-state index in [1.54, 1.807) is 11.3 Å². The molecule has 1 aromatic rings. The first-order valence-electron chi connectivity index (χ1n) is 6.71. The number of rotatable bonds is 6. The fraction of sp³-hybridized carbons (Fsp3) is 0.643. The van der Waals surface area contributed by atoms with E-state index in [1.807, 2.05) is 27.7 Å². The molecular weight excluding hydrogens is 340 g/mol. The molecule has 2 N–H and O–H groups in total. The smallest absolute Gasteiger partial charge is 0.407 e. The maximum atomic E-state index is 11.5. The molecule has 0 radical (unpaired) electrons. The predicted molar refractivity (Wildman–Crippen MR) is 87.4 cm³/mol. The summed E-state index contributed by atoms with van der Waals surface area (Å²) in [7, 11) is 0. The summed E-state index contributed by atoms with van der Waals surface area (Å²) < 4.78 is 6.34. The largest absolute Gasteiger partial charge is 0.444 e. The van der Waals surface area contributed by atoms with Gasteiger partial charge in [-0.3, -0.25) is 0 Å². The van der Waals surface area contributed by atoms with Gasteiger partial charge in [0, 0.05) is 24.0 Å². The van der Waals surface area contributed by atoms with Crippen LogP contribution in [0.2, 0.25) is 0 Å². The Bertz CT molecular complexity index is 429. The number of thiophene rings is 1. The van der Waals surface area contributed by atoms with Crippen molar-refractivity contribution in [3.05, 3.63) is 20.8 Å². The third-order valence-corrected chi connectivity index (χ3v) is 4.13. The van der Waals surface area contributed by atoms with Gasteiger partial charge in [-0.1, -0.05) is 0 Å². The zero-order chi connectivity index (χ0) is 15.2. The summed E-state index contributed by atoms with van der Waals surface area (Å²) in [5.41, 5.74) is -0.451. The molecule has 1 unspecified atom stereocenters. The highest BCUT2D eigenvalue weighted by Crippen LogP contribution is 2.22. The van der Waals surface area contributed by atoms with Crippen LogP contribution < -0.4 is 10.6 Å². The zero-order valence-corrected chi connectivity index (χ0v) is 14.9. The van der Waals surface area contributed by atoms with Gasteiger partial charge >= 0.3 is 6.09 Å². The van der Waals surface area contributed by atoms with Crippen LogP contribution in [0.3, 0.4) is 0 Å². The van der Waals surface area contributed by atoms with Crippen molar-refractivity contribution in [3.8, 4) is 0 Å². The summed E-state index contributed by atoms with van der Waals surface area (Å²) in [5, 5.41) is 6.14. The van der Waals surface area contributed by atoms with Gasteiger partial charge in [-0.15, -0.1) is 11.3 Å². The van der Waals surface area contributed by atoms with E-state index in [0.717, 1.165) is 16.8 Å². The molecule has 1 amide bonds. The molecule has 6 heteroatoms. The maximum Gasteiger partial charge on any atom is 0.407 e. The molecular formula is C14H23BrN2O2S. The number of halogens is 1. The number of hydrogen-bond acceptors (Lipinski definition) is 4. The summed E-state index contributed by atoms with van der Waals surface area (Å²) >= 11 is 5.21. The summed E-state index contributed by atoms with van der Waals surface area (Å²) in [6.07, 6.45) is 0.626. The van der Waals surface area contributed by atoms with Gasteiger partial charge in [0.25, 0.3) is 0 Å². The molecule has 0 spiro atoms. The SMILES string of the molecule is CC(CNC(=O)OC(C)(C)C)NCCc1ccc(Br)s1. The first kappa shape index (κ1) is 17.5. The van der Waals surface area contributed by atoms with E-state index < -0.39 is 5.60 Å². The third kappa shape index (κ3) is 7.87. The van der Waals surface area contributed by atoms with Crippen LogP contribution in [0.1, 0.15) is 32.6 Å². The molecule has 0 aliphatic rings. The van der Waals surface area contributed by atoms with Crippen LogP contribution in [0.4, 0.5) is 4.79 Å². The molecule has 0 saturated carbocycles. The molecule has 1 aromatic heterocycles. The van der Waals surface area contributed by atoms with Crippen molar-refractivity contribution in [3.63, 3.8) is 0 Å². The maximum absolute atomic E-state index is 11.5. The topological polar surface area (TPSA) is 50.4 Å². The van der Waals surface area contributed by atoms with Crippen molar-refractivity contribution in [2.75, 3.05) is 13.1 Å². The van der Waals surface area contributed by atoms with Crippen LogP contribution in [0.15, 0.2) is 15.9 Å². The Labute approximate surface area is 133 Å². The summed E-state index contributed by atoms with van der Waals surface area (Å²) in [4.78, 5) is 12.8. The number of alkyl carbamates (subject to hydrolysis) is 1. The molecule has 1 atom stereocenters. The van der Waals surface area contributed by atoms with Crippen molar-refractivity contribution in [1.82, 2.24) is 10.6 Å². The van der Waals surface area contributed by atoms with Crippen LogP contribution >= 0.6 is 27.3 Å². The standard InChI is InChI=1S/C14H23BrN2O2S/c1-10(9-17-13(18)19-14(2,3)4)16-8-7-11-5-6-12(15)20-11/h5-6,10,16H,7-9H2,1-4H3,(H,17,18). The Balaban J connectivity index is 2.14. The minimum Gasteiger partial charge on any atom is -0.444 e.